The molecule has 0 radical (unpaired) electrons. The number of carbonyl (C=O) groups excluding carboxylic acids is 1. The summed E-state index contributed by atoms with van der Waals surface area (Å²) in [4.78, 5) is 32.7. The van der Waals surface area contributed by atoms with Gasteiger partial charge in [0.25, 0.3) is 5.91 Å². The predicted octanol–water partition coefficient (Wildman–Crippen LogP) is 3.25. The number of carboxylic acids is 1. The Morgan fingerprint density at radius 1 is 1.14 bits per heavy atom. The lowest BCUT2D eigenvalue weighted by Gasteiger charge is -2.11. The largest absolute Gasteiger partial charge is 0.493 e. The number of hydrogen-bond acceptors (Lipinski definition) is 5. The van der Waals surface area contributed by atoms with Crippen LogP contribution in [0.1, 0.15) is 34.2 Å². The molecule has 0 aliphatic heterocycles. The zero-order valence-electron chi connectivity index (χ0n) is 19.6. The number of carbonyl (C=O) groups is 2. The van der Waals surface area contributed by atoms with Gasteiger partial charge in [-0.1, -0.05) is 12.1 Å². The van der Waals surface area contributed by atoms with E-state index in [4.69, 9.17) is 4.74 Å². The van der Waals surface area contributed by atoms with Crippen LogP contribution in [0, 0.1) is 0 Å². The van der Waals surface area contributed by atoms with Gasteiger partial charge in [0.2, 0.25) is 0 Å². The third kappa shape index (κ3) is 5.24. The second kappa shape index (κ2) is 10.7. The zero-order valence-corrected chi connectivity index (χ0v) is 19.6. The molecule has 0 aliphatic rings. The average Bonchev–Trinajstić information content (AvgIpc) is 3.30. The van der Waals surface area contributed by atoms with Crippen LogP contribution in [0.4, 0.5) is 0 Å². The van der Waals surface area contributed by atoms with Gasteiger partial charge in [0.15, 0.2) is 0 Å². The number of imidazole rings is 1. The van der Waals surface area contributed by atoms with Crippen molar-refractivity contribution in [1.29, 1.82) is 0 Å². The van der Waals surface area contributed by atoms with Crippen molar-refractivity contribution < 1.29 is 19.4 Å². The molecule has 0 unspecified atom stereocenters. The number of para-hydroxylation sites is 1. The predicted molar refractivity (Wildman–Crippen MR) is 132 cm³/mol. The van der Waals surface area contributed by atoms with Gasteiger partial charge in [-0.05, 0) is 49.7 Å². The fourth-order valence-corrected chi connectivity index (χ4v) is 3.87. The fourth-order valence-electron chi connectivity index (χ4n) is 3.87. The number of pyridine rings is 2. The Morgan fingerprint density at radius 3 is 2.74 bits per heavy atom. The summed E-state index contributed by atoms with van der Waals surface area (Å²) in [5.41, 5.74) is 3.12. The molecule has 4 aromatic rings. The molecule has 9 heteroatoms. The number of aromatic carboxylic acids is 1. The Bertz CT molecular complexity index is 1440. The highest BCUT2D eigenvalue weighted by molar-refractivity contribution is 5.95. The van der Waals surface area contributed by atoms with Gasteiger partial charge in [-0.15, -0.1) is 0 Å². The molecular weight excluding hydrogens is 446 g/mol. The second-order valence-electron chi connectivity index (χ2n) is 7.82. The first kappa shape index (κ1) is 23.7. The van der Waals surface area contributed by atoms with Crippen LogP contribution in [0.3, 0.4) is 0 Å². The molecule has 1 aromatic carbocycles. The highest BCUT2D eigenvalue weighted by Gasteiger charge is 2.13. The zero-order chi connectivity index (χ0) is 24.8. The van der Waals surface area contributed by atoms with Gasteiger partial charge in [-0.25, -0.2) is 9.78 Å². The minimum Gasteiger partial charge on any atom is -0.493 e. The Labute approximate surface area is 202 Å². The summed E-state index contributed by atoms with van der Waals surface area (Å²) in [6.07, 6.45) is 5.86. The van der Waals surface area contributed by atoms with Crippen molar-refractivity contribution in [2.75, 3.05) is 20.2 Å². The number of fused-ring (bicyclic) bond motifs is 1. The Morgan fingerprint density at radius 2 is 1.97 bits per heavy atom. The lowest BCUT2D eigenvalue weighted by atomic mass is 10.1. The summed E-state index contributed by atoms with van der Waals surface area (Å²) in [6.45, 7) is 3.36. The number of ether oxygens (including phenoxy) is 1. The quantitative estimate of drug-likeness (QED) is 0.363. The Balaban J connectivity index is 1.42. The molecule has 0 fully saturated rings. The highest BCUT2D eigenvalue weighted by Crippen LogP contribution is 2.30. The van der Waals surface area contributed by atoms with Gasteiger partial charge < -0.3 is 19.7 Å². The molecule has 1 amide bonds. The normalized spacial score (nSPS) is 11.5. The maximum Gasteiger partial charge on any atom is 0.352 e. The summed E-state index contributed by atoms with van der Waals surface area (Å²) >= 11 is 0. The Hall–Kier alpha value is -4.40. The van der Waals surface area contributed by atoms with Crippen molar-refractivity contribution in [1.82, 2.24) is 19.3 Å². The monoisotopic (exact) mass is 473 g/mol. The lowest BCUT2D eigenvalue weighted by molar-refractivity contribution is 0.0683. The van der Waals surface area contributed by atoms with Crippen LogP contribution < -0.4 is 15.4 Å². The van der Waals surface area contributed by atoms with E-state index < -0.39 is 5.97 Å². The van der Waals surface area contributed by atoms with Crippen LogP contribution in [-0.4, -0.2) is 51.1 Å². The smallest absolute Gasteiger partial charge is 0.352 e. The number of benzene rings is 1. The number of nitrogens with one attached hydrogen (secondary N) is 1. The van der Waals surface area contributed by atoms with E-state index in [0.717, 1.165) is 17.0 Å². The summed E-state index contributed by atoms with van der Waals surface area (Å²) in [7, 11) is 1.61. The summed E-state index contributed by atoms with van der Waals surface area (Å²) in [5, 5.41) is 12.9. The molecule has 35 heavy (non-hydrogen) atoms. The van der Waals surface area contributed by atoms with Gasteiger partial charge in [0.1, 0.15) is 17.1 Å². The molecular formula is C26H27N5O4. The van der Waals surface area contributed by atoms with Crippen LogP contribution in [0.25, 0.3) is 16.9 Å². The lowest BCUT2D eigenvalue weighted by Crippen LogP contribution is -2.26. The maximum absolute atomic E-state index is 12.7. The molecule has 0 bridgehead atoms. The number of aryl methyl sites for hydroxylation is 1. The molecule has 0 saturated heterocycles. The van der Waals surface area contributed by atoms with Crippen molar-refractivity contribution >= 4 is 17.5 Å². The number of amides is 1. The fraction of sp³-hybridized carbons (Fsp3) is 0.231. The van der Waals surface area contributed by atoms with E-state index in [1.807, 2.05) is 41.8 Å². The molecule has 2 N–H and O–H groups in total. The standard InChI is InChI=1S/C26H27N5O4/c1-3-35-23-8-5-4-7-20(23)22-17-29-24-15-18(9-14-31(22)24)25(32)28-11-6-12-30-13-10-19(27-2)16-21(30)26(33)34/h4-5,7-10,13-17H,3,6,11-12H2,1-2H3,(H,28,32)(H,33,34). The van der Waals surface area contributed by atoms with E-state index in [1.54, 1.807) is 42.2 Å². The van der Waals surface area contributed by atoms with Crippen LogP contribution in [-0.2, 0) is 6.54 Å². The van der Waals surface area contributed by atoms with E-state index in [-0.39, 0.29) is 11.6 Å². The van der Waals surface area contributed by atoms with Crippen LogP contribution in [0.5, 0.6) is 5.75 Å². The molecule has 0 aliphatic carbocycles. The number of aromatic nitrogens is 3. The second-order valence-corrected chi connectivity index (χ2v) is 7.82. The first-order valence-electron chi connectivity index (χ1n) is 11.4. The minimum atomic E-state index is -1.02. The molecule has 180 valence electrons. The number of hydrogen-bond donors (Lipinski definition) is 2. The van der Waals surface area contributed by atoms with E-state index in [9.17, 15) is 14.7 Å². The third-order valence-electron chi connectivity index (χ3n) is 5.60. The number of rotatable bonds is 9. The number of carboxylic acid groups (broad SMARTS) is 1. The van der Waals surface area contributed by atoms with Crippen molar-refractivity contribution in [3.05, 3.63) is 83.7 Å². The van der Waals surface area contributed by atoms with Gasteiger partial charge in [-0.2, -0.15) is 0 Å². The SMILES string of the molecule is CCOc1ccccc1-c1cnc2cc(C(=O)NCCCn3ccc(=NC)cc3C(=O)O)ccn12. The average molecular weight is 474 g/mol. The first-order valence-corrected chi connectivity index (χ1v) is 11.4. The molecule has 4 rings (SSSR count). The first-order chi connectivity index (χ1) is 17.0. The van der Waals surface area contributed by atoms with Gasteiger partial charge >= 0.3 is 5.97 Å². The topological polar surface area (TPSA) is 110 Å². The van der Waals surface area contributed by atoms with Gasteiger partial charge in [0, 0.05) is 43.7 Å². The third-order valence-corrected chi connectivity index (χ3v) is 5.60. The van der Waals surface area contributed by atoms with Crippen LogP contribution in [0.2, 0.25) is 0 Å². The molecule has 3 heterocycles. The molecule has 3 aromatic heterocycles. The van der Waals surface area contributed by atoms with E-state index in [0.29, 0.717) is 42.7 Å². The summed E-state index contributed by atoms with van der Waals surface area (Å²) < 4.78 is 9.31. The maximum atomic E-state index is 12.7. The van der Waals surface area contributed by atoms with Crippen molar-refractivity contribution in [3.63, 3.8) is 0 Å². The van der Waals surface area contributed by atoms with Crippen molar-refractivity contribution in [3.8, 4) is 17.0 Å². The number of nitrogens with zero attached hydrogens (tertiary/aromatic N) is 4. The molecule has 0 atom stereocenters. The summed E-state index contributed by atoms with van der Waals surface area (Å²) in [6, 6.07) is 14.6. The molecule has 0 saturated carbocycles. The van der Waals surface area contributed by atoms with Crippen LogP contribution in [0.15, 0.2) is 72.1 Å². The Kier molecular flexibility index (Phi) is 7.25. The minimum absolute atomic E-state index is 0.158. The van der Waals surface area contributed by atoms with Gasteiger partial charge in [-0.3, -0.25) is 14.2 Å². The van der Waals surface area contributed by atoms with E-state index in [1.165, 1.54) is 6.07 Å². The summed E-state index contributed by atoms with van der Waals surface area (Å²) in [5.74, 6) is -0.451. The van der Waals surface area contributed by atoms with Crippen LogP contribution >= 0.6 is 0 Å². The van der Waals surface area contributed by atoms with Crippen molar-refractivity contribution in [2.24, 2.45) is 4.99 Å². The van der Waals surface area contributed by atoms with Crippen molar-refractivity contribution in [2.45, 2.75) is 19.9 Å². The molecule has 0 spiro atoms. The van der Waals surface area contributed by atoms with E-state index >= 15 is 0 Å². The van der Waals surface area contributed by atoms with E-state index in [2.05, 4.69) is 15.3 Å². The molecule has 9 nitrogen and oxygen atoms in total. The van der Waals surface area contributed by atoms with Gasteiger partial charge in [0.05, 0.1) is 23.9 Å². The highest BCUT2D eigenvalue weighted by atomic mass is 16.5.